The van der Waals surface area contributed by atoms with Gasteiger partial charge in [0.2, 0.25) is 17.8 Å². The second-order valence-electron chi connectivity index (χ2n) is 6.92. The summed E-state index contributed by atoms with van der Waals surface area (Å²) in [6.45, 7) is 5.57. The zero-order chi connectivity index (χ0) is 19.4. The number of carbonyl (C=O) groups is 2. The molecule has 2 amide bonds. The largest absolute Gasteiger partial charge is 0.338 e. The fraction of sp³-hybridized carbons (Fsp3) is 0.368. The molecule has 0 saturated carbocycles. The summed E-state index contributed by atoms with van der Waals surface area (Å²) in [4.78, 5) is 37.9. The van der Waals surface area contributed by atoms with Gasteiger partial charge in [-0.2, -0.15) is 0 Å². The van der Waals surface area contributed by atoms with Gasteiger partial charge in [-0.3, -0.25) is 9.59 Å². The maximum Gasteiger partial charge on any atom is 0.239 e. The lowest BCUT2D eigenvalue weighted by Crippen LogP contribution is -2.54. The first-order valence-corrected chi connectivity index (χ1v) is 9.14. The van der Waals surface area contributed by atoms with Gasteiger partial charge in [-0.05, 0) is 38.1 Å². The highest BCUT2D eigenvalue weighted by Crippen LogP contribution is 2.24. The number of benzene rings is 1. The molecule has 3 rings (SSSR count). The predicted octanol–water partition coefficient (Wildman–Crippen LogP) is 2.44. The number of aromatic nitrogens is 2. The van der Waals surface area contributed by atoms with Crippen molar-refractivity contribution in [2.45, 2.75) is 13.8 Å². The lowest BCUT2D eigenvalue weighted by molar-refractivity contribution is -0.146. The lowest BCUT2D eigenvalue weighted by Gasteiger charge is -2.38. The van der Waals surface area contributed by atoms with Gasteiger partial charge in [-0.25, -0.2) is 9.97 Å². The van der Waals surface area contributed by atoms with Gasteiger partial charge < -0.3 is 15.1 Å². The summed E-state index contributed by atoms with van der Waals surface area (Å²) in [6.07, 6.45) is 3.40. The van der Waals surface area contributed by atoms with E-state index in [4.69, 9.17) is 11.6 Å². The quantitative estimate of drug-likeness (QED) is 0.815. The zero-order valence-corrected chi connectivity index (χ0v) is 16.1. The molecule has 0 bridgehead atoms. The molecule has 0 atom stereocenters. The average Bonchev–Trinajstić information content (AvgIpc) is 2.68. The Balaban J connectivity index is 1.61. The number of nitrogens with zero attached hydrogens (tertiary/aromatic N) is 4. The Bertz CT molecular complexity index is 820. The van der Waals surface area contributed by atoms with Crippen LogP contribution in [-0.2, 0) is 9.59 Å². The Morgan fingerprint density at radius 2 is 1.74 bits per heavy atom. The molecule has 8 heteroatoms. The van der Waals surface area contributed by atoms with Gasteiger partial charge in [0.15, 0.2) is 0 Å². The third kappa shape index (κ3) is 4.36. The van der Waals surface area contributed by atoms with Crippen LogP contribution in [0.15, 0.2) is 42.7 Å². The summed E-state index contributed by atoms with van der Waals surface area (Å²) in [7, 11) is 0. The van der Waals surface area contributed by atoms with Crippen LogP contribution in [0.3, 0.4) is 0 Å². The summed E-state index contributed by atoms with van der Waals surface area (Å²) < 4.78 is 0. The standard InChI is InChI=1S/C19H22ClN5O2/c1-19(2,16(26)23-15-6-3-5-14(20)13-15)17(27)24-9-11-25(12-10-24)18-21-7-4-8-22-18/h3-8,13H,9-12H2,1-2H3,(H,23,26). The van der Waals surface area contributed by atoms with Gasteiger partial charge in [0.1, 0.15) is 5.41 Å². The maximum atomic E-state index is 13.0. The second kappa shape index (κ2) is 7.92. The van der Waals surface area contributed by atoms with Gasteiger partial charge in [0, 0.05) is 49.3 Å². The minimum absolute atomic E-state index is 0.198. The number of hydrogen-bond acceptors (Lipinski definition) is 5. The summed E-state index contributed by atoms with van der Waals surface area (Å²) in [5, 5.41) is 3.30. The summed E-state index contributed by atoms with van der Waals surface area (Å²) >= 11 is 5.95. The first-order valence-electron chi connectivity index (χ1n) is 8.76. The molecule has 7 nitrogen and oxygen atoms in total. The molecule has 2 heterocycles. The second-order valence-corrected chi connectivity index (χ2v) is 7.35. The van der Waals surface area contributed by atoms with Crippen molar-refractivity contribution >= 4 is 35.1 Å². The molecule has 1 aromatic heterocycles. The predicted molar refractivity (Wildman–Crippen MR) is 105 cm³/mol. The van der Waals surface area contributed by atoms with Crippen LogP contribution in [0.25, 0.3) is 0 Å². The van der Waals surface area contributed by atoms with Crippen LogP contribution >= 0.6 is 11.6 Å². The molecule has 1 N–H and O–H groups in total. The van der Waals surface area contributed by atoms with Crippen LogP contribution in [0.5, 0.6) is 0 Å². The van der Waals surface area contributed by atoms with Crippen LogP contribution in [0.2, 0.25) is 5.02 Å². The number of nitrogens with one attached hydrogen (secondary N) is 1. The molecule has 1 aliphatic rings. The molecule has 0 aliphatic carbocycles. The van der Waals surface area contributed by atoms with E-state index in [1.807, 2.05) is 4.90 Å². The molecule has 0 unspecified atom stereocenters. The van der Waals surface area contributed by atoms with Crippen LogP contribution in [-0.4, -0.2) is 52.9 Å². The fourth-order valence-electron chi connectivity index (χ4n) is 2.91. The highest BCUT2D eigenvalue weighted by Gasteiger charge is 2.40. The number of amides is 2. The molecule has 0 radical (unpaired) electrons. The number of hydrogen-bond donors (Lipinski definition) is 1. The molecule has 1 aromatic carbocycles. The minimum Gasteiger partial charge on any atom is -0.338 e. The monoisotopic (exact) mass is 387 g/mol. The first kappa shape index (κ1) is 19.1. The Morgan fingerprint density at radius 1 is 1.07 bits per heavy atom. The minimum atomic E-state index is -1.19. The van der Waals surface area contributed by atoms with Crippen molar-refractivity contribution in [2.75, 3.05) is 36.4 Å². The van der Waals surface area contributed by atoms with E-state index in [1.54, 1.807) is 61.5 Å². The van der Waals surface area contributed by atoms with Crippen molar-refractivity contribution in [3.05, 3.63) is 47.7 Å². The molecule has 1 saturated heterocycles. The average molecular weight is 388 g/mol. The number of halogens is 1. The van der Waals surface area contributed by atoms with Gasteiger partial charge >= 0.3 is 0 Å². The van der Waals surface area contributed by atoms with Crippen molar-refractivity contribution in [1.82, 2.24) is 14.9 Å². The Labute approximate surface area is 163 Å². The summed E-state index contributed by atoms with van der Waals surface area (Å²) in [5.74, 6) is 0.0989. The maximum absolute atomic E-state index is 13.0. The lowest BCUT2D eigenvalue weighted by atomic mass is 9.89. The number of piperazine rings is 1. The van der Waals surface area contributed by atoms with Gasteiger partial charge in [0.25, 0.3) is 0 Å². The normalized spacial score (nSPS) is 14.8. The Kier molecular flexibility index (Phi) is 5.60. The Morgan fingerprint density at radius 3 is 2.37 bits per heavy atom. The van der Waals surface area contributed by atoms with Gasteiger partial charge in [0.05, 0.1) is 0 Å². The zero-order valence-electron chi connectivity index (χ0n) is 15.4. The molecule has 1 fully saturated rings. The molecule has 2 aromatic rings. The third-order valence-electron chi connectivity index (χ3n) is 4.59. The molecule has 0 spiro atoms. The highest BCUT2D eigenvalue weighted by molar-refractivity contribution is 6.31. The first-order chi connectivity index (χ1) is 12.9. The van der Waals surface area contributed by atoms with Crippen molar-refractivity contribution in [3.8, 4) is 0 Å². The van der Waals surface area contributed by atoms with E-state index >= 15 is 0 Å². The van der Waals surface area contributed by atoms with Crippen LogP contribution in [0.1, 0.15) is 13.8 Å². The summed E-state index contributed by atoms with van der Waals surface area (Å²) in [5.41, 5.74) is -0.618. The molecule has 142 valence electrons. The van der Waals surface area contributed by atoms with E-state index in [1.165, 1.54) is 0 Å². The number of anilines is 2. The van der Waals surface area contributed by atoms with E-state index < -0.39 is 5.41 Å². The number of carbonyl (C=O) groups excluding carboxylic acids is 2. The topological polar surface area (TPSA) is 78.4 Å². The SMILES string of the molecule is CC(C)(C(=O)Nc1cccc(Cl)c1)C(=O)N1CCN(c2ncccn2)CC1. The van der Waals surface area contributed by atoms with Crippen molar-refractivity contribution in [3.63, 3.8) is 0 Å². The van der Waals surface area contributed by atoms with Crippen LogP contribution < -0.4 is 10.2 Å². The van der Waals surface area contributed by atoms with Gasteiger partial charge in [-0.15, -0.1) is 0 Å². The van der Waals surface area contributed by atoms with Gasteiger partial charge in [-0.1, -0.05) is 17.7 Å². The fourth-order valence-corrected chi connectivity index (χ4v) is 3.10. The van der Waals surface area contributed by atoms with Crippen LogP contribution in [0, 0.1) is 5.41 Å². The highest BCUT2D eigenvalue weighted by atomic mass is 35.5. The molecular weight excluding hydrogens is 366 g/mol. The van der Waals surface area contributed by atoms with Crippen molar-refractivity contribution in [2.24, 2.45) is 5.41 Å². The number of rotatable bonds is 4. The van der Waals surface area contributed by atoms with Crippen molar-refractivity contribution < 1.29 is 9.59 Å². The summed E-state index contributed by atoms with van der Waals surface area (Å²) in [6, 6.07) is 8.63. The Hall–Kier alpha value is -2.67. The molecule has 27 heavy (non-hydrogen) atoms. The molecular formula is C19H22ClN5O2. The smallest absolute Gasteiger partial charge is 0.239 e. The van der Waals surface area contributed by atoms with Crippen molar-refractivity contribution in [1.29, 1.82) is 0 Å². The van der Waals surface area contributed by atoms with E-state index in [-0.39, 0.29) is 11.8 Å². The van der Waals surface area contributed by atoms with E-state index in [9.17, 15) is 9.59 Å². The van der Waals surface area contributed by atoms with Crippen LogP contribution in [0.4, 0.5) is 11.6 Å². The van der Waals surface area contributed by atoms with E-state index in [0.29, 0.717) is 42.8 Å². The molecule has 1 aliphatic heterocycles. The van der Waals surface area contributed by atoms with E-state index in [0.717, 1.165) is 0 Å². The van der Waals surface area contributed by atoms with E-state index in [2.05, 4.69) is 15.3 Å². The third-order valence-corrected chi connectivity index (χ3v) is 4.82.